The lowest BCUT2D eigenvalue weighted by molar-refractivity contribution is 0.660. The summed E-state index contributed by atoms with van der Waals surface area (Å²) in [6.07, 6.45) is 10.3. The molecule has 276 valence electrons. The SMILES string of the molecule is CC1(C)c2cc(C=Cc3ccc4cc(N5c6ccccc6S(C)(C)c6ccccc65)ccc4c3)ccc2-c2ccc(N3c4ccccc4Cc4ccccc43)cc21. The molecule has 0 aromatic heterocycles. The molecule has 0 spiro atoms. The first kappa shape index (κ1) is 34.0. The van der Waals surface area contributed by atoms with Crippen LogP contribution in [0.1, 0.15) is 47.2 Å². The van der Waals surface area contributed by atoms with E-state index in [0.717, 1.165) is 6.42 Å². The van der Waals surface area contributed by atoms with Crippen LogP contribution in [-0.4, -0.2) is 12.5 Å². The Bertz CT molecular complexity index is 2870. The molecule has 1 aliphatic carbocycles. The van der Waals surface area contributed by atoms with Gasteiger partial charge in [0.05, 0.1) is 11.4 Å². The van der Waals surface area contributed by atoms with Gasteiger partial charge in [0.25, 0.3) is 0 Å². The van der Waals surface area contributed by atoms with Crippen LogP contribution in [0.5, 0.6) is 0 Å². The van der Waals surface area contributed by atoms with Crippen LogP contribution in [0, 0.1) is 0 Å². The smallest absolute Gasteiger partial charge is 0.0586 e. The van der Waals surface area contributed by atoms with E-state index < -0.39 is 10.0 Å². The van der Waals surface area contributed by atoms with Crippen LogP contribution in [0.4, 0.5) is 34.1 Å². The third kappa shape index (κ3) is 5.26. The van der Waals surface area contributed by atoms with Crippen molar-refractivity contribution in [3.05, 3.63) is 203 Å². The molecule has 57 heavy (non-hydrogen) atoms. The maximum absolute atomic E-state index is 2.46. The van der Waals surface area contributed by atoms with Crippen molar-refractivity contribution >= 4 is 67.1 Å². The van der Waals surface area contributed by atoms with Crippen molar-refractivity contribution in [3.63, 3.8) is 0 Å². The normalized spacial score (nSPS) is 16.0. The maximum atomic E-state index is 2.46. The predicted molar refractivity (Wildman–Crippen MR) is 245 cm³/mol. The molecule has 3 aliphatic rings. The van der Waals surface area contributed by atoms with Gasteiger partial charge in [0.1, 0.15) is 0 Å². The van der Waals surface area contributed by atoms with E-state index in [4.69, 9.17) is 0 Å². The molecule has 2 aliphatic heterocycles. The molecule has 0 amide bonds. The number of para-hydroxylation sites is 4. The molecule has 2 heterocycles. The van der Waals surface area contributed by atoms with Gasteiger partial charge in [-0.1, -0.05) is 129 Å². The lowest BCUT2D eigenvalue weighted by Crippen LogP contribution is -2.20. The van der Waals surface area contributed by atoms with Crippen molar-refractivity contribution < 1.29 is 0 Å². The summed E-state index contributed by atoms with van der Waals surface area (Å²) in [5, 5.41) is 2.48. The Morgan fingerprint density at radius 3 is 1.58 bits per heavy atom. The number of hydrogen-bond acceptors (Lipinski definition) is 2. The van der Waals surface area contributed by atoms with Crippen LogP contribution >= 0.6 is 10.0 Å². The number of anilines is 6. The zero-order chi connectivity index (χ0) is 38.5. The van der Waals surface area contributed by atoms with Crippen molar-refractivity contribution in [1.82, 2.24) is 0 Å². The third-order valence-corrected chi connectivity index (χ3v) is 15.6. The quantitative estimate of drug-likeness (QED) is 0.165. The molecule has 2 nitrogen and oxygen atoms in total. The minimum absolute atomic E-state index is 0.132. The van der Waals surface area contributed by atoms with Crippen molar-refractivity contribution in [1.29, 1.82) is 0 Å². The Morgan fingerprint density at radius 1 is 0.456 bits per heavy atom. The van der Waals surface area contributed by atoms with Gasteiger partial charge in [-0.2, -0.15) is 10.0 Å². The van der Waals surface area contributed by atoms with Gasteiger partial charge in [-0.15, -0.1) is 0 Å². The van der Waals surface area contributed by atoms with Crippen LogP contribution in [0.2, 0.25) is 0 Å². The highest BCUT2D eigenvalue weighted by atomic mass is 32.3. The van der Waals surface area contributed by atoms with Crippen LogP contribution in [0.15, 0.2) is 180 Å². The van der Waals surface area contributed by atoms with E-state index >= 15 is 0 Å². The van der Waals surface area contributed by atoms with Crippen molar-refractivity contribution in [2.24, 2.45) is 0 Å². The second kappa shape index (κ2) is 12.6. The maximum Gasteiger partial charge on any atom is 0.0586 e. The van der Waals surface area contributed by atoms with Gasteiger partial charge in [0, 0.05) is 44.4 Å². The highest BCUT2D eigenvalue weighted by molar-refractivity contribution is 8.33. The monoisotopic (exact) mass is 752 g/mol. The summed E-state index contributed by atoms with van der Waals surface area (Å²) in [5.74, 6) is 0. The Balaban J connectivity index is 0.890. The second-order valence-electron chi connectivity index (χ2n) is 16.7. The molecular weight excluding hydrogens is 709 g/mol. The van der Waals surface area contributed by atoms with E-state index in [-0.39, 0.29) is 5.41 Å². The minimum Gasteiger partial charge on any atom is -0.310 e. The summed E-state index contributed by atoms with van der Waals surface area (Å²) in [4.78, 5) is 7.78. The van der Waals surface area contributed by atoms with E-state index in [1.54, 1.807) is 0 Å². The lowest BCUT2D eigenvalue weighted by Gasteiger charge is -2.45. The Morgan fingerprint density at radius 2 is 0.912 bits per heavy atom. The second-order valence-corrected chi connectivity index (χ2v) is 20.2. The fraction of sp³-hybridized carbons (Fsp3) is 0.111. The zero-order valence-corrected chi connectivity index (χ0v) is 33.6. The largest absolute Gasteiger partial charge is 0.310 e. The van der Waals surface area contributed by atoms with Gasteiger partial charge in [0.15, 0.2) is 0 Å². The summed E-state index contributed by atoms with van der Waals surface area (Å²) >= 11 is 0. The van der Waals surface area contributed by atoms with Crippen LogP contribution < -0.4 is 9.80 Å². The molecule has 0 saturated carbocycles. The Kier molecular flexibility index (Phi) is 7.52. The molecule has 3 heteroatoms. The number of hydrogen-bond donors (Lipinski definition) is 0. The van der Waals surface area contributed by atoms with Gasteiger partial charge in [-0.05, 0) is 135 Å². The molecule has 0 atom stereocenters. The topological polar surface area (TPSA) is 6.48 Å². The molecule has 0 saturated heterocycles. The number of rotatable bonds is 4. The van der Waals surface area contributed by atoms with E-state index in [1.165, 1.54) is 99.2 Å². The van der Waals surface area contributed by atoms with E-state index in [0.29, 0.717) is 0 Å². The average molecular weight is 753 g/mol. The third-order valence-electron chi connectivity index (χ3n) is 12.7. The molecule has 0 bridgehead atoms. The van der Waals surface area contributed by atoms with Crippen molar-refractivity contribution in [2.75, 3.05) is 22.3 Å². The molecule has 8 aromatic rings. The summed E-state index contributed by atoms with van der Waals surface area (Å²) in [6.45, 7) is 4.77. The van der Waals surface area contributed by atoms with E-state index in [9.17, 15) is 0 Å². The van der Waals surface area contributed by atoms with Crippen LogP contribution in [0.25, 0.3) is 34.1 Å². The van der Waals surface area contributed by atoms with Gasteiger partial charge in [-0.25, -0.2) is 0 Å². The summed E-state index contributed by atoms with van der Waals surface area (Å²) < 4.78 is 0. The first-order valence-electron chi connectivity index (χ1n) is 19.9. The molecule has 0 fully saturated rings. The molecule has 0 N–H and O–H groups in total. The minimum atomic E-state index is -1.12. The first-order valence-corrected chi connectivity index (χ1v) is 22.4. The molecular formula is C54H44N2S. The molecule has 0 unspecified atom stereocenters. The summed E-state index contributed by atoms with van der Waals surface area (Å²) in [7, 11) is -1.12. The fourth-order valence-corrected chi connectivity index (χ4v) is 12.2. The van der Waals surface area contributed by atoms with Crippen molar-refractivity contribution in [3.8, 4) is 11.1 Å². The Hall–Kier alpha value is -6.29. The average Bonchev–Trinajstić information content (AvgIpc) is 3.46. The molecule has 11 rings (SSSR count). The number of nitrogens with zero attached hydrogens (tertiary/aromatic N) is 2. The highest BCUT2D eigenvalue weighted by Crippen LogP contribution is 2.67. The summed E-state index contributed by atoms with van der Waals surface area (Å²) in [6, 6.07) is 63.4. The van der Waals surface area contributed by atoms with E-state index in [2.05, 4.69) is 218 Å². The highest BCUT2D eigenvalue weighted by Gasteiger charge is 2.37. The standard InChI is InChI=1S/C54H44N2S/c1-54(2)46-32-37(24-29-44(46)45-30-28-43(35-47(45)54)55-48-15-7-5-13-40(48)33-41-14-6-8-16-49(41)55)22-21-36-23-25-39-34-42(27-26-38(39)31-36)56-50-17-9-11-19-52(50)57(3,4)53-20-12-10-18-51(53)56/h5-32,34-35H,33H2,1-4H3. The summed E-state index contributed by atoms with van der Waals surface area (Å²) in [5.41, 5.74) is 18.0. The Labute approximate surface area is 337 Å². The van der Waals surface area contributed by atoms with Crippen molar-refractivity contribution in [2.45, 2.75) is 35.5 Å². The lowest BCUT2D eigenvalue weighted by atomic mass is 9.81. The van der Waals surface area contributed by atoms with Gasteiger partial charge < -0.3 is 9.80 Å². The zero-order valence-electron chi connectivity index (χ0n) is 32.8. The van der Waals surface area contributed by atoms with Gasteiger partial charge in [0.2, 0.25) is 0 Å². The van der Waals surface area contributed by atoms with E-state index in [1.807, 2.05) is 0 Å². The van der Waals surface area contributed by atoms with Gasteiger partial charge >= 0.3 is 0 Å². The van der Waals surface area contributed by atoms with Crippen LogP contribution in [-0.2, 0) is 11.8 Å². The molecule has 8 aromatic carbocycles. The first-order chi connectivity index (χ1) is 27.8. The molecule has 0 radical (unpaired) electrons. The fourth-order valence-electron chi connectivity index (χ4n) is 9.72. The number of fused-ring (bicyclic) bond motifs is 8. The number of benzene rings is 8. The van der Waals surface area contributed by atoms with Crippen LogP contribution in [0.3, 0.4) is 0 Å². The van der Waals surface area contributed by atoms with Gasteiger partial charge in [-0.3, -0.25) is 0 Å². The predicted octanol–water partition coefficient (Wildman–Crippen LogP) is 15.0.